The number of amides is 2. The molecule has 2 fully saturated rings. The second-order valence-electron chi connectivity index (χ2n) is 8.10. The van der Waals surface area contributed by atoms with Crippen LogP contribution in [0.3, 0.4) is 0 Å². The predicted octanol–water partition coefficient (Wildman–Crippen LogP) is 2.66. The molecule has 2 aromatic rings. The normalized spacial score (nSPS) is 22.8. The number of piperidine rings is 1. The summed E-state index contributed by atoms with van der Waals surface area (Å²) in [5, 5.41) is 10.7. The maximum atomic E-state index is 12.6. The van der Waals surface area contributed by atoms with Crippen molar-refractivity contribution in [2.24, 2.45) is 0 Å². The molecule has 4 heterocycles. The number of rotatable bonds is 5. The molecule has 2 N–H and O–H groups in total. The molecule has 0 bridgehead atoms. The lowest BCUT2D eigenvalue weighted by molar-refractivity contribution is 0.0996. The van der Waals surface area contributed by atoms with Gasteiger partial charge in [0.2, 0.25) is 0 Å². The van der Waals surface area contributed by atoms with Gasteiger partial charge in [-0.15, -0.1) is 0 Å². The minimum atomic E-state index is -0.140. The van der Waals surface area contributed by atoms with Crippen LogP contribution in [0.5, 0.6) is 0 Å². The Balaban J connectivity index is 1.27. The molecule has 2 aliphatic heterocycles. The lowest BCUT2D eigenvalue weighted by Gasteiger charge is -2.33. The lowest BCUT2D eigenvalue weighted by Crippen LogP contribution is -2.50. The van der Waals surface area contributed by atoms with Crippen molar-refractivity contribution in [2.75, 3.05) is 24.6 Å². The Bertz CT molecular complexity index is 801. The molecule has 156 valence electrons. The minimum Gasteiger partial charge on any atom is -0.371 e. The van der Waals surface area contributed by atoms with Crippen molar-refractivity contribution in [3.05, 3.63) is 42.4 Å². The van der Waals surface area contributed by atoms with Gasteiger partial charge in [-0.25, -0.2) is 9.78 Å². The number of carbonyl (C=O) groups is 1. The van der Waals surface area contributed by atoms with E-state index in [1.165, 1.54) is 0 Å². The van der Waals surface area contributed by atoms with Crippen LogP contribution in [0.1, 0.15) is 50.8 Å². The quantitative estimate of drug-likeness (QED) is 0.809. The van der Waals surface area contributed by atoms with Crippen LogP contribution in [0.4, 0.5) is 10.6 Å². The summed E-state index contributed by atoms with van der Waals surface area (Å²) < 4.78 is 7.81. The van der Waals surface area contributed by atoms with Gasteiger partial charge in [0.25, 0.3) is 0 Å². The number of ether oxygens (including phenoxy) is 1. The molecule has 8 nitrogen and oxygen atoms in total. The summed E-state index contributed by atoms with van der Waals surface area (Å²) in [4.78, 5) is 19.3. The van der Waals surface area contributed by atoms with Crippen LogP contribution in [0.15, 0.2) is 36.8 Å². The third kappa shape index (κ3) is 4.70. The van der Waals surface area contributed by atoms with Gasteiger partial charge in [0.15, 0.2) is 0 Å². The van der Waals surface area contributed by atoms with Gasteiger partial charge in [-0.2, -0.15) is 5.10 Å². The fourth-order valence-electron chi connectivity index (χ4n) is 4.04. The molecule has 8 heteroatoms. The van der Waals surface area contributed by atoms with Crippen molar-refractivity contribution in [1.82, 2.24) is 25.4 Å². The molecule has 2 saturated heterocycles. The summed E-state index contributed by atoms with van der Waals surface area (Å²) in [6.07, 6.45) is 8.17. The third-order valence-electron chi connectivity index (χ3n) is 5.69. The molecule has 0 radical (unpaired) electrons. The van der Waals surface area contributed by atoms with Gasteiger partial charge in [0, 0.05) is 49.7 Å². The van der Waals surface area contributed by atoms with Crippen LogP contribution in [0.25, 0.3) is 0 Å². The Labute approximate surface area is 171 Å². The zero-order valence-corrected chi connectivity index (χ0v) is 17.1. The van der Waals surface area contributed by atoms with Gasteiger partial charge in [-0.3, -0.25) is 4.68 Å². The lowest BCUT2D eigenvalue weighted by atomic mass is 10.0. The van der Waals surface area contributed by atoms with Crippen molar-refractivity contribution in [2.45, 2.75) is 57.3 Å². The van der Waals surface area contributed by atoms with E-state index >= 15 is 0 Å². The van der Waals surface area contributed by atoms with Crippen LogP contribution in [0.2, 0.25) is 0 Å². The average Bonchev–Trinajstić information content (AvgIpc) is 3.38. The topological polar surface area (TPSA) is 84.3 Å². The maximum Gasteiger partial charge on any atom is 0.315 e. The summed E-state index contributed by atoms with van der Waals surface area (Å²) in [6.45, 7) is 6.62. The number of hydrogen-bond acceptors (Lipinski definition) is 5. The van der Waals surface area contributed by atoms with Gasteiger partial charge >= 0.3 is 6.03 Å². The van der Waals surface area contributed by atoms with Crippen LogP contribution in [-0.4, -0.2) is 52.6 Å². The van der Waals surface area contributed by atoms with Gasteiger partial charge < -0.3 is 20.3 Å². The predicted molar refractivity (Wildman–Crippen MR) is 111 cm³/mol. The van der Waals surface area contributed by atoms with Crippen LogP contribution in [0, 0.1) is 0 Å². The first kappa shape index (κ1) is 19.7. The molecule has 29 heavy (non-hydrogen) atoms. The Morgan fingerprint density at radius 2 is 2.03 bits per heavy atom. The Morgan fingerprint density at radius 3 is 2.72 bits per heavy atom. The second-order valence-corrected chi connectivity index (χ2v) is 8.10. The molecular weight excluding hydrogens is 368 g/mol. The molecule has 0 aliphatic carbocycles. The van der Waals surface area contributed by atoms with E-state index in [9.17, 15) is 4.79 Å². The first-order valence-corrected chi connectivity index (χ1v) is 10.5. The summed E-state index contributed by atoms with van der Waals surface area (Å²) in [5.41, 5.74) is 1.02. The highest BCUT2D eigenvalue weighted by atomic mass is 16.5. The zero-order chi connectivity index (χ0) is 20.2. The van der Waals surface area contributed by atoms with E-state index < -0.39 is 0 Å². The molecular formula is C21H30N6O2. The van der Waals surface area contributed by atoms with E-state index in [1.807, 2.05) is 41.5 Å². The first-order chi connectivity index (χ1) is 14.1. The van der Waals surface area contributed by atoms with E-state index in [-0.39, 0.29) is 24.2 Å². The summed E-state index contributed by atoms with van der Waals surface area (Å²) in [7, 11) is 0. The first-order valence-electron chi connectivity index (χ1n) is 10.5. The molecule has 2 amide bonds. The van der Waals surface area contributed by atoms with Crippen molar-refractivity contribution < 1.29 is 9.53 Å². The number of pyridine rings is 1. The van der Waals surface area contributed by atoms with E-state index in [0.717, 1.165) is 43.7 Å². The van der Waals surface area contributed by atoms with E-state index in [1.54, 1.807) is 0 Å². The van der Waals surface area contributed by atoms with Crippen molar-refractivity contribution in [3.8, 4) is 0 Å². The summed E-state index contributed by atoms with van der Waals surface area (Å²) >= 11 is 0. The van der Waals surface area contributed by atoms with Crippen molar-refractivity contribution in [1.29, 1.82) is 0 Å². The number of nitrogens with zero attached hydrogens (tertiary/aromatic N) is 4. The van der Waals surface area contributed by atoms with Gasteiger partial charge in [-0.1, -0.05) is 6.07 Å². The standard InChI is InChI=1S/C21H30N6O2/c1-15(2)27-14-16(13-23-27)20-18(8-12-29-20)25-21(28)24-17-6-10-26(11-7-17)19-5-3-4-9-22-19/h3-5,9,13-15,17-18,20H,6-8,10-12H2,1-2H3,(H2,24,25,28)/t18-,20+/m1/s1. The molecule has 2 aromatic heterocycles. The van der Waals surface area contributed by atoms with Crippen LogP contribution < -0.4 is 15.5 Å². The highest BCUT2D eigenvalue weighted by Gasteiger charge is 2.32. The number of hydrogen-bond donors (Lipinski definition) is 2. The van der Waals surface area contributed by atoms with Crippen LogP contribution in [-0.2, 0) is 4.74 Å². The van der Waals surface area contributed by atoms with Crippen molar-refractivity contribution in [3.63, 3.8) is 0 Å². The largest absolute Gasteiger partial charge is 0.371 e. The highest BCUT2D eigenvalue weighted by Crippen LogP contribution is 2.29. The van der Waals surface area contributed by atoms with Gasteiger partial charge in [0.05, 0.1) is 12.2 Å². The molecule has 0 spiro atoms. The minimum absolute atomic E-state index is 0.0339. The van der Waals surface area contributed by atoms with Crippen LogP contribution >= 0.6 is 0 Å². The number of urea groups is 1. The number of nitrogens with one attached hydrogen (secondary N) is 2. The SMILES string of the molecule is CC(C)n1cc([C@@H]2OCC[C@H]2NC(=O)NC2CCN(c3ccccn3)CC2)cn1. The van der Waals surface area contributed by atoms with Gasteiger partial charge in [-0.05, 0) is 45.2 Å². The second kappa shape index (κ2) is 8.82. The van der Waals surface area contributed by atoms with Gasteiger partial charge in [0.1, 0.15) is 11.9 Å². The van der Waals surface area contributed by atoms with E-state index in [4.69, 9.17) is 4.74 Å². The summed E-state index contributed by atoms with van der Waals surface area (Å²) in [5.74, 6) is 1.00. The highest BCUT2D eigenvalue weighted by molar-refractivity contribution is 5.74. The number of carbonyl (C=O) groups excluding carboxylic acids is 1. The summed E-state index contributed by atoms with van der Waals surface area (Å²) in [6, 6.07) is 6.30. The zero-order valence-electron chi connectivity index (χ0n) is 17.1. The molecule has 2 atom stereocenters. The molecule has 0 aromatic carbocycles. The Hall–Kier alpha value is -2.61. The fraction of sp³-hybridized carbons (Fsp3) is 0.571. The number of aromatic nitrogens is 3. The molecule has 4 rings (SSSR count). The smallest absolute Gasteiger partial charge is 0.315 e. The Morgan fingerprint density at radius 1 is 1.21 bits per heavy atom. The third-order valence-corrected chi connectivity index (χ3v) is 5.69. The number of anilines is 1. The molecule has 0 saturated carbocycles. The Kier molecular flexibility index (Phi) is 5.99. The maximum absolute atomic E-state index is 12.6. The molecule has 0 unspecified atom stereocenters. The average molecular weight is 399 g/mol. The van der Waals surface area contributed by atoms with E-state index in [2.05, 4.69) is 39.5 Å². The monoisotopic (exact) mass is 398 g/mol. The van der Waals surface area contributed by atoms with E-state index in [0.29, 0.717) is 12.6 Å². The van der Waals surface area contributed by atoms with Crippen molar-refractivity contribution >= 4 is 11.8 Å². The fourth-order valence-corrected chi connectivity index (χ4v) is 4.04. The molecule has 2 aliphatic rings.